The summed E-state index contributed by atoms with van der Waals surface area (Å²) in [6.07, 6.45) is -2.95. The summed E-state index contributed by atoms with van der Waals surface area (Å²) < 4.78 is 39.8. The minimum Gasteiger partial charge on any atom is -0.388 e. The van der Waals surface area contributed by atoms with Crippen LogP contribution in [0.3, 0.4) is 0 Å². The number of anilines is 1. The standard InChI is InChI=1S/C13H18BrF3N4/c1-8(2)7-21(4-3-11(18)19)12-10(13(15,16)17)5-9(14)6-20-12/h5-6,8H,3-4,7H2,1-2H3,(H3,18,19). The number of rotatable bonds is 6. The van der Waals surface area contributed by atoms with Crippen molar-refractivity contribution in [3.63, 3.8) is 0 Å². The third-order valence-corrected chi connectivity index (χ3v) is 3.11. The molecule has 8 heteroatoms. The molecule has 0 atom stereocenters. The summed E-state index contributed by atoms with van der Waals surface area (Å²) in [5.41, 5.74) is 4.51. The van der Waals surface area contributed by atoms with Crippen LogP contribution in [0.2, 0.25) is 0 Å². The van der Waals surface area contributed by atoms with E-state index in [9.17, 15) is 13.2 Å². The van der Waals surface area contributed by atoms with Crippen molar-refractivity contribution in [2.75, 3.05) is 18.0 Å². The molecule has 1 heterocycles. The van der Waals surface area contributed by atoms with Crippen molar-refractivity contribution < 1.29 is 13.2 Å². The second kappa shape index (κ2) is 7.11. The summed E-state index contributed by atoms with van der Waals surface area (Å²) >= 11 is 3.02. The minimum absolute atomic E-state index is 0.0607. The molecule has 0 bridgehead atoms. The lowest BCUT2D eigenvalue weighted by Crippen LogP contribution is -2.33. The van der Waals surface area contributed by atoms with Crippen molar-refractivity contribution in [3.05, 3.63) is 22.3 Å². The van der Waals surface area contributed by atoms with Crippen LogP contribution < -0.4 is 10.6 Å². The molecule has 21 heavy (non-hydrogen) atoms. The molecule has 0 aliphatic heterocycles. The molecule has 0 radical (unpaired) electrons. The van der Waals surface area contributed by atoms with Gasteiger partial charge in [0.1, 0.15) is 5.82 Å². The fourth-order valence-electron chi connectivity index (χ4n) is 1.87. The number of hydrogen-bond donors (Lipinski definition) is 2. The van der Waals surface area contributed by atoms with Crippen LogP contribution in [0.1, 0.15) is 25.8 Å². The van der Waals surface area contributed by atoms with Crippen molar-refractivity contribution in [1.29, 1.82) is 5.41 Å². The first-order valence-electron chi connectivity index (χ1n) is 6.41. The van der Waals surface area contributed by atoms with Gasteiger partial charge in [-0.1, -0.05) is 13.8 Å². The molecule has 0 aromatic carbocycles. The lowest BCUT2D eigenvalue weighted by molar-refractivity contribution is -0.137. The number of aromatic nitrogens is 1. The predicted molar refractivity (Wildman–Crippen MR) is 80.5 cm³/mol. The van der Waals surface area contributed by atoms with E-state index in [-0.39, 0.29) is 35.0 Å². The van der Waals surface area contributed by atoms with Crippen LogP contribution in [0.25, 0.3) is 0 Å². The number of nitrogens with one attached hydrogen (secondary N) is 1. The largest absolute Gasteiger partial charge is 0.419 e. The molecule has 4 nitrogen and oxygen atoms in total. The highest BCUT2D eigenvalue weighted by Gasteiger charge is 2.36. The monoisotopic (exact) mass is 366 g/mol. The summed E-state index contributed by atoms with van der Waals surface area (Å²) in [6.45, 7) is 4.45. The topological polar surface area (TPSA) is 66.0 Å². The first kappa shape index (κ1) is 17.7. The maximum atomic E-state index is 13.2. The first-order chi connectivity index (χ1) is 9.61. The van der Waals surface area contributed by atoms with Crippen molar-refractivity contribution in [3.8, 4) is 0 Å². The fraction of sp³-hybridized carbons (Fsp3) is 0.538. The Balaban J connectivity index is 3.19. The summed E-state index contributed by atoms with van der Waals surface area (Å²) in [5.74, 6) is -0.0291. The molecule has 1 rings (SSSR count). The molecular formula is C13H18BrF3N4. The second-order valence-electron chi connectivity index (χ2n) is 5.14. The number of nitrogens with zero attached hydrogens (tertiary/aromatic N) is 2. The maximum absolute atomic E-state index is 13.2. The van der Waals surface area contributed by atoms with E-state index >= 15 is 0 Å². The van der Waals surface area contributed by atoms with Gasteiger partial charge in [-0.3, -0.25) is 5.41 Å². The number of halogens is 4. The second-order valence-corrected chi connectivity index (χ2v) is 6.05. The van der Waals surface area contributed by atoms with E-state index in [4.69, 9.17) is 11.1 Å². The van der Waals surface area contributed by atoms with E-state index in [0.717, 1.165) is 6.07 Å². The number of nitrogens with two attached hydrogens (primary N) is 1. The number of hydrogen-bond acceptors (Lipinski definition) is 3. The predicted octanol–water partition coefficient (Wildman–Crippen LogP) is 3.65. The molecule has 0 spiro atoms. The highest BCUT2D eigenvalue weighted by molar-refractivity contribution is 9.10. The number of alkyl halides is 3. The van der Waals surface area contributed by atoms with E-state index in [2.05, 4.69) is 20.9 Å². The van der Waals surface area contributed by atoms with Crippen molar-refractivity contribution in [1.82, 2.24) is 4.98 Å². The Morgan fingerprint density at radius 2 is 2.10 bits per heavy atom. The van der Waals surface area contributed by atoms with Crippen LogP contribution in [0.15, 0.2) is 16.7 Å². The van der Waals surface area contributed by atoms with Gasteiger partial charge < -0.3 is 10.6 Å². The zero-order valence-electron chi connectivity index (χ0n) is 11.8. The van der Waals surface area contributed by atoms with Crippen LogP contribution in [0.5, 0.6) is 0 Å². The van der Waals surface area contributed by atoms with Crippen LogP contribution in [0, 0.1) is 11.3 Å². The molecule has 0 fully saturated rings. The van der Waals surface area contributed by atoms with E-state index in [0.29, 0.717) is 6.54 Å². The third kappa shape index (κ3) is 5.53. The van der Waals surface area contributed by atoms with E-state index < -0.39 is 11.7 Å². The molecule has 0 amide bonds. The first-order valence-corrected chi connectivity index (χ1v) is 7.21. The Bertz CT molecular complexity index is 503. The van der Waals surface area contributed by atoms with Crippen molar-refractivity contribution >= 4 is 27.6 Å². The van der Waals surface area contributed by atoms with Crippen molar-refractivity contribution in [2.24, 2.45) is 11.7 Å². The van der Waals surface area contributed by atoms with Crippen LogP contribution in [0.4, 0.5) is 19.0 Å². The Labute approximate surface area is 130 Å². The summed E-state index contributed by atoms with van der Waals surface area (Å²) in [4.78, 5) is 5.45. The van der Waals surface area contributed by atoms with E-state index in [1.165, 1.54) is 11.1 Å². The van der Waals surface area contributed by atoms with E-state index in [1.807, 2.05) is 13.8 Å². The summed E-state index contributed by atoms with van der Waals surface area (Å²) in [5, 5.41) is 7.24. The average Bonchev–Trinajstić information content (AvgIpc) is 2.33. The van der Waals surface area contributed by atoms with Gasteiger partial charge >= 0.3 is 6.18 Å². The number of amidine groups is 1. The fourth-order valence-corrected chi connectivity index (χ4v) is 2.20. The van der Waals surface area contributed by atoms with Gasteiger partial charge in [-0.25, -0.2) is 4.98 Å². The van der Waals surface area contributed by atoms with Crippen LogP contribution in [-0.4, -0.2) is 23.9 Å². The minimum atomic E-state index is -4.49. The average molecular weight is 367 g/mol. The molecule has 0 aliphatic carbocycles. The number of pyridine rings is 1. The molecule has 1 aromatic rings. The molecule has 0 saturated carbocycles. The Kier molecular flexibility index (Phi) is 6.00. The lowest BCUT2D eigenvalue weighted by Gasteiger charge is -2.28. The van der Waals surface area contributed by atoms with Gasteiger partial charge in [0, 0.05) is 30.2 Å². The molecule has 0 unspecified atom stereocenters. The molecular weight excluding hydrogens is 349 g/mol. The van der Waals surface area contributed by atoms with Crippen molar-refractivity contribution in [2.45, 2.75) is 26.4 Å². The zero-order valence-corrected chi connectivity index (χ0v) is 13.4. The lowest BCUT2D eigenvalue weighted by atomic mass is 10.1. The normalized spacial score (nSPS) is 11.8. The zero-order chi connectivity index (χ0) is 16.2. The summed E-state index contributed by atoms with van der Waals surface area (Å²) in [7, 11) is 0. The summed E-state index contributed by atoms with van der Waals surface area (Å²) in [6, 6.07) is 1.02. The van der Waals surface area contributed by atoms with Crippen LogP contribution >= 0.6 is 15.9 Å². The molecule has 118 valence electrons. The molecule has 0 saturated heterocycles. The Hall–Kier alpha value is -1.31. The Morgan fingerprint density at radius 3 is 2.57 bits per heavy atom. The van der Waals surface area contributed by atoms with Gasteiger partial charge in [0.05, 0.1) is 11.4 Å². The SMILES string of the molecule is CC(C)CN(CCC(=N)N)c1ncc(Br)cc1C(F)(F)F. The Morgan fingerprint density at radius 1 is 1.48 bits per heavy atom. The highest BCUT2D eigenvalue weighted by atomic mass is 79.9. The van der Waals surface area contributed by atoms with Gasteiger partial charge in [0.25, 0.3) is 0 Å². The van der Waals surface area contributed by atoms with E-state index in [1.54, 1.807) is 0 Å². The van der Waals surface area contributed by atoms with Gasteiger partial charge in [0.15, 0.2) is 0 Å². The molecule has 3 N–H and O–H groups in total. The third-order valence-electron chi connectivity index (χ3n) is 2.67. The van der Waals surface area contributed by atoms with Gasteiger partial charge in [-0.05, 0) is 27.9 Å². The molecule has 1 aromatic heterocycles. The quantitative estimate of drug-likeness (QED) is 0.596. The van der Waals surface area contributed by atoms with Gasteiger partial charge in [-0.2, -0.15) is 13.2 Å². The van der Waals surface area contributed by atoms with Crippen LogP contribution in [-0.2, 0) is 6.18 Å². The molecule has 0 aliphatic rings. The van der Waals surface area contributed by atoms with Gasteiger partial charge in [-0.15, -0.1) is 0 Å². The van der Waals surface area contributed by atoms with Gasteiger partial charge in [0.2, 0.25) is 0 Å². The smallest absolute Gasteiger partial charge is 0.388 e. The highest BCUT2D eigenvalue weighted by Crippen LogP contribution is 2.37. The maximum Gasteiger partial charge on any atom is 0.419 e.